The number of amides is 1. The van der Waals surface area contributed by atoms with E-state index in [1.807, 2.05) is 19.2 Å². The number of alkyl halides is 3. The third-order valence-corrected chi connectivity index (χ3v) is 2.04. The molecule has 0 radical (unpaired) electrons. The summed E-state index contributed by atoms with van der Waals surface area (Å²) in [5, 5.41) is 8.50. The number of aromatic nitrogens is 2. The molecule has 1 heterocycles. The molecule has 0 atom stereocenters. The van der Waals surface area contributed by atoms with Crippen LogP contribution in [0.3, 0.4) is 0 Å². The molecule has 0 aliphatic carbocycles. The van der Waals surface area contributed by atoms with E-state index in [0.717, 1.165) is 0 Å². The first-order chi connectivity index (χ1) is 8.29. The van der Waals surface area contributed by atoms with Crippen LogP contribution in [0.1, 0.15) is 19.9 Å². The lowest BCUT2D eigenvalue weighted by molar-refractivity contribution is -0.127. The van der Waals surface area contributed by atoms with Crippen LogP contribution in [0.15, 0.2) is 12.3 Å². The number of hydrogen-bond acceptors (Lipinski definition) is 3. The molecule has 0 saturated heterocycles. The first-order valence-corrected chi connectivity index (χ1v) is 5.40. The maximum atomic E-state index is 11.8. The molecular formula is C10H15F3N4O. The van der Waals surface area contributed by atoms with Gasteiger partial charge in [-0.2, -0.15) is 18.3 Å². The summed E-state index contributed by atoms with van der Waals surface area (Å²) in [6, 6.07) is 1.64. The van der Waals surface area contributed by atoms with Gasteiger partial charge in [0.05, 0.1) is 19.3 Å². The number of nitrogens with zero attached hydrogens (tertiary/aromatic N) is 2. The van der Waals surface area contributed by atoms with Crippen LogP contribution >= 0.6 is 0 Å². The predicted octanol–water partition coefficient (Wildman–Crippen LogP) is 1.55. The van der Waals surface area contributed by atoms with Crippen LogP contribution in [-0.4, -0.2) is 35.0 Å². The zero-order valence-corrected chi connectivity index (χ0v) is 10.1. The van der Waals surface area contributed by atoms with E-state index in [-0.39, 0.29) is 6.04 Å². The fraction of sp³-hybridized carbons (Fsp3) is 0.600. The van der Waals surface area contributed by atoms with E-state index in [0.29, 0.717) is 5.82 Å². The first kappa shape index (κ1) is 14.5. The molecule has 0 spiro atoms. The van der Waals surface area contributed by atoms with E-state index in [1.165, 1.54) is 6.20 Å². The van der Waals surface area contributed by atoms with Crippen molar-refractivity contribution >= 4 is 11.7 Å². The molecule has 8 heteroatoms. The van der Waals surface area contributed by atoms with Gasteiger partial charge in [-0.25, -0.2) is 4.68 Å². The Kier molecular flexibility index (Phi) is 4.71. The number of carbonyl (C=O) groups excluding carboxylic acids is 1. The van der Waals surface area contributed by atoms with E-state index < -0.39 is 25.2 Å². The second-order valence-electron chi connectivity index (χ2n) is 4.02. The van der Waals surface area contributed by atoms with E-state index in [9.17, 15) is 18.0 Å². The van der Waals surface area contributed by atoms with Gasteiger partial charge in [-0.05, 0) is 13.8 Å². The molecule has 0 saturated carbocycles. The standard InChI is InChI=1S/C10H15F3N4O/c1-7(2)17-8(3-4-15-17)16-9(18)5-14-6-10(11,12)13/h3-4,7,14H,5-6H2,1-2H3,(H,16,18). The summed E-state index contributed by atoms with van der Waals surface area (Å²) >= 11 is 0. The Hall–Kier alpha value is -1.57. The van der Waals surface area contributed by atoms with Crippen LogP contribution in [0.2, 0.25) is 0 Å². The third-order valence-electron chi connectivity index (χ3n) is 2.04. The van der Waals surface area contributed by atoms with Gasteiger partial charge in [-0.3, -0.25) is 4.79 Å². The molecule has 1 aromatic rings. The highest BCUT2D eigenvalue weighted by molar-refractivity contribution is 5.91. The number of anilines is 1. The van der Waals surface area contributed by atoms with Crippen molar-refractivity contribution in [3.05, 3.63) is 12.3 Å². The van der Waals surface area contributed by atoms with Gasteiger partial charge in [0.25, 0.3) is 0 Å². The number of nitrogens with one attached hydrogen (secondary N) is 2. The molecular weight excluding hydrogens is 249 g/mol. The summed E-state index contributed by atoms with van der Waals surface area (Å²) < 4.78 is 37.1. The zero-order chi connectivity index (χ0) is 13.8. The normalized spacial score (nSPS) is 11.9. The summed E-state index contributed by atoms with van der Waals surface area (Å²) in [7, 11) is 0. The summed E-state index contributed by atoms with van der Waals surface area (Å²) in [4.78, 5) is 11.4. The van der Waals surface area contributed by atoms with Crippen molar-refractivity contribution in [2.24, 2.45) is 0 Å². The Morgan fingerprint density at radius 3 is 2.72 bits per heavy atom. The summed E-state index contributed by atoms with van der Waals surface area (Å²) in [5.41, 5.74) is 0. The minimum atomic E-state index is -4.32. The fourth-order valence-electron chi connectivity index (χ4n) is 1.33. The average molecular weight is 264 g/mol. The monoisotopic (exact) mass is 264 g/mol. The fourth-order valence-corrected chi connectivity index (χ4v) is 1.33. The highest BCUT2D eigenvalue weighted by Crippen LogP contribution is 2.13. The van der Waals surface area contributed by atoms with Gasteiger partial charge in [-0.15, -0.1) is 0 Å². The minimum absolute atomic E-state index is 0.0541. The van der Waals surface area contributed by atoms with Crippen LogP contribution < -0.4 is 10.6 Å². The Labute approximate surface area is 102 Å². The molecule has 0 unspecified atom stereocenters. The molecule has 1 amide bonds. The molecule has 1 rings (SSSR count). The smallest absolute Gasteiger partial charge is 0.310 e. The van der Waals surface area contributed by atoms with Crippen LogP contribution in [0.4, 0.5) is 19.0 Å². The largest absolute Gasteiger partial charge is 0.401 e. The Balaban J connectivity index is 2.43. The quantitative estimate of drug-likeness (QED) is 0.848. The number of hydrogen-bond donors (Lipinski definition) is 2. The van der Waals surface area contributed by atoms with E-state index >= 15 is 0 Å². The molecule has 5 nitrogen and oxygen atoms in total. The summed E-state index contributed by atoms with van der Waals surface area (Å²) in [6.45, 7) is 2.17. The third kappa shape index (κ3) is 4.74. The molecule has 0 aliphatic rings. The molecule has 2 N–H and O–H groups in total. The molecule has 1 aromatic heterocycles. The lowest BCUT2D eigenvalue weighted by atomic mass is 10.4. The lowest BCUT2D eigenvalue weighted by Crippen LogP contribution is -2.35. The molecule has 0 fully saturated rings. The molecule has 0 aromatic carbocycles. The Morgan fingerprint density at radius 1 is 1.50 bits per heavy atom. The molecule has 0 bridgehead atoms. The predicted molar refractivity (Wildman–Crippen MR) is 60.2 cm³/mol. The number of carbonyl (C=O) groups is 1. The molecule has 0 aliphatic heterocycles. The van der Waals surface area contributed by atoms with Gasteiger partial charge in [0.1, 0.15) is 5.82 Å². The van der Waals surface area contributed by atoms with Crippen molar-refractivity contribution in [1.29, 1.82) is 0 Å². The van der Waals surface area contributed by atoms with Gasteiger partial charge in [0.2, 0.25) is 5.91 Å². The average Bonchev–Trinajstić information content (AvgIpc) is 2.63. The highest BCUT2D eigenvalue weighted by Gasteiger charge is 2.26. The van der Waals surface area contributed by atoms with Crippen molar-refractivity contribution in [3.8, 4) is 0 Å². The number of halogens is 3. The number of rotatable bonds is 5. The van der Waals surface area contributed by atoms with Gasteiger partial charge in [-0.1, -0.05) is 0 Å². The first-order valence-electron chi connectivity index (χ1n) is 5.40. The minimum Gasteiger partial charge on any atom is -0.310 e. The topological polar surface area (TPSA) is 59.0 Å². The lowest BCUT2D eigenvalue weighted by Gasteiger charge is -2.12. The summed E-state index contributed by atoms with van der Waals surface area (Å²) in [5.74, 6) is -0.0783. The van der Waals surface area contributed by atoms with E-state index in [4.69, 9.17) is 0 Å². The Morgan fingerprint density at radius 2 is 2.17 bits per heavy atom. The van der Waals surface area contributed by atoms with Crippen molar-refractivity contribution in [2.75, 3.05) is 18.4 Å². The van der Waals surface area contributed by atoms with Crippen LogP contribution in [0.25, 0.3) is 0 Å². The Bertz CT molecular complexity index is 400. The molecule has 18 heavy (non-hydrogen) atoms. The maximum absolute atomic E-state index is 11.8. The van der Waals surface area contributed by atoms with Crippen LogP contribution in [-0.2, 0) is 4.79 Å². The second-order valence-corrected chi connectivity index (χ2v) is 4.02. The van der Waals surface area contributed by atoms with Crippen molar-refractivity contribution in [3.63, 3.8) is 0 Å². The van der Waals surface area contributed by atoms with Crippen LogP contribution in [0, 0.1) is 0 Å². The van der Waals surface area contributed by atoms with Gasteiger partial charge in [0.15, 0.2) is 0 Å². The van der Waals surface area contributed by atoms with Gasteiger partial charge >= 0.3 is 6.18 Å². The second kappa shape index (κ2) is 5.85. The van der Waals surface area contributed by atoms with Crippen molar-refractivity contribution < 1.29 is 18.0 Å². The molecule has 102 valence electrons. The van der Waals surface area contributed by atoms with Crippen LogP contribution in [0.5, 0.6) is 0 Å². The van der Waals surface area contributed by atoms with Crippen molar-refractivity contribution in [2.45, 2.75) is 26.1 Å². The van der Waals surface area contributed by atoms with Gasteiger partial charge in [0, 0.05) is 12.1 Å². The van der Waals surface area contributed by atoms with E-state index in [2.05, 4.69) is 10.4 Å². The SMILES string of the molecule is CC(C)n1nccc1NC(=O)CNCC(F)(F)F. The summed E-state index contributed by atoms with van der Waals surface area (Å²) in [6.07, 6.45) is -2.81. The van der Waals surface area contributed by atoms with Gasteiger partial charge < -0.3 is 10.6 Å². The van der Waals surface area contributed by atoms with Crippen molar-refractivity contribution in [1.82, 2.24) is 15.1 Å². The highest BCUT2D eigenvalue weighted by atomic mass is 19.4. The zero-order valence-electron chi connectivity index (χ0n) is 10.1. The van der Waals surface area contributed by atoms with E-state index in [1.54, 1.807) is 10.7 Å². The maximum Gasteiger partial charge on any atom is 0.401 e.